The quantitative estimate of drug-likeness (QED) is 0.614. The fourth-order valence-electron chi connectivity index (χ4n) is 3.90. The molecule has 2 aliphatic rings. The minimum Gasteiger partial charge on any atom is -0.495 e. The summed E-state index contributed by atoms with van der Waals surface area (Å²) in [4.78, 5) is 23.4. The van der Waals surface area contributed by atoms with Crippen LogP contribution in [0.1, 0.15) is 35.6 Å². The van der Waals surface area contributed by atoms with Gasteiger partial charge in [0.05, 0.1) is 25.0 Å². The van der Waals surface area contributed by atoms with Gasteiger partial charge in [-0.05, 0) is 36.8 Å². The Balaban J connectivity index is 1.55. The van der Waals surface area contributed by atoms with Gasteiger partial charge in [-0.2, -0.15) is 4.98 Å². The third-order valence-corrected chi connectivity index (χ3v) is 5.56. The van der Waals surface area contributed by atoms with Gasteiger partial charge >= 0.3 is 0 Å². The van der Waals surface area contributed by atoms with E-state index in [1.54, 1.807) is 44.9 Å². The molecule has 2 aromatic heterocycles. The Morgan fingerprint density at radius 2 is 2.16 bits per heavy atom. The van der Waals surface area contributed by atoms with Crippen molar-refractivity contribution in [3.05, 3.63) is 66.0 Å². The standard InChI is InChI=1S/C22H22N8O2/c1-4-16-20-28-25-12-29(20)17-11-24-22(27-19(17)30(16)14-6-5-7-14)26-15-9-8-13(21(31)23-2)10-18(15)32-3/h5-12,16H,4H2,1-3H3,(H,23,31)(H,24,26,27). The Bertz CT molecular complexity index is 1260. The van der Waals surface area contributed by atoms with Gasteiger partial charge in [-0.25, -0.2) is 4.98 Å². The fourth-order valence-corrected chi connectivity index (χ4v) is 3.90. The second-order valence-electron chi connectivity index (χ2n) is 7.33. The third-order valence-electron chi connectivity index (χ3n) is 5.56. The Kier molecular flexibility index (Phi) is 4.81. The van der Waals surface area contributed by atoms with Crippen molar-refractivity contribution in [2.24, 2.45) is 0 Å². The van der Waals surface area contributed by atoms with E-state index in [0.717, 1.165) is 29.4 Å². The zero-order valence-corrected chi connectivity index (χ0v) is 17.9. The van der Waals surface area contributed by atoms with Crippen molar-refractivity contribution in [3.8, 4) is 11.4 Å². The van der Waals surface area contributed by atoms with Crippen LogP contribution < -0.4 is 20.3 Å². The molecule has 0 saturated heterocycles. The van der Waals surface area contributed by atoms with Crippen molar-refractivity contribution in [2.45, 2.75) is 19.4 Å². The molecule has 0 spiro atoms. The van der Waals surface area contributed by atoms with Crippen LogP contribution in [0, 0.1) is 0 Å². The van der Waals surface area contributed by atoms with E-state index < -0.39 is 0 Å². The van der Waals surface area contributed by atoms with Crippen molar-refractivity contribution in [2.75, 3.05) is 24.4 Å². The van der Waals surface area contributed by atoms with E-state index in [2.05, 4.69) is 37.6 Å². The van der Waals surface area contributed by atoms with Gasteiger partial charge in [-0.1, -0.05) is 13.0 Å². The predicted molar refractivity (Wildman–Crippen MR) is 119 cm³/mol. The zero-order valence-electron chi connectivity index (χ0n) is 17.9. The fraction of sp³-hybridized carbons (Fsp3) is 0.227. The molecular weight excluding hydrogens is 408 g/mol. The highest BCUT2D eigenvalue weighted by Crippen LogP contribution is 2.42. The summed E-state index contributed by atoms with van der Waals surface area (Å²) >= 11 is 0. The lowest BCUT2D eigenvalue weighted by atomic mass is 10.1. The van der Waals surface area contributed by atoms with Crippen LogP contribution in [0.25, 0.3) is 5.69 Å². The molecule has 3 aromatic rings. The Morgan fingerprint density at radius 1 is 1.31 bits per heavy atom. The lowest BCUT2D eigenvalue weighted by Gasteiger charge is -2.38. The molecule has 1 aliphatic heterocycles. The third kappa shape index (κ3) is 3.08. The molecule has 0 bridgehead atoms. The summed E-state index contributed by atoms with van der Waals surface area (Å²) in [6.45, 7) is 2.11. The number of hydrogen-bond acceptors (Lipinski definition) is 8. The number of fused-ring (bicyclic) bond motifs is 3. The molecule has 1 amide bonds. The van der Waals surface area contributed by atoms with Crippen LogP contribution in [0.15, 0.2) is 54.6 Å². The van der Waals surface area contributed by atoms with Crippen molar-refractivity contribution in [1.29, 1.82) is 0 Å². The van der Waals surface area contributed by atoms with Gasteiger partial charge in [0.1, 0.15) is 17.8 Å². The second-order valence-corrected chi connectivity index (χ2v) is 7.33. The first-order valence-corrected chi connectivity index (χ1v) is 10.3. The monoisotopic (exact) mass is 430 g/mol. The van der Waals surface area contributed by atoms with Crippen LogP contribution in [0.5, 0.6) is 5.75 Å². The van der Waals surface area contributed by atoms with Gasteiger partial charge in [0.15, 0.2) is 11.6 Å². The molecule has 3 heterocycles. The highest BCUT2D eigenvalue weighted by Gasteiger charge is 2.35. The molecule has 10 heteroatoms. The van der Waals surface area contributed by atoms with Gasteiger partial charge < -0.3 is 20.3 Å². The molecule has 2 N–H and O–H groups in total. The van der Waals surface area contributed by atoms with Gasteiger partial charge in [0.2, 0.25) is 5.95 Å². The normalized spacial score (nSPS) is 15.9. The largest absolute Gasteiger partial charge is 0.495 e. The van der Waals surface area contributed by atoms with Crippen LogP contribution in [0.3, 0.4) is 0 Å². The van der Waals surface area contributed by atoms with Crippen molar-refractivity contribution < 1.29 is 9.53 Å². The predicted octanol–water partition coefficient (Wildman–Crippen LogP) is 2.89. The maximum Gasteiger partial charge on any atom is 0.251 e. The summed E-state index contributed by atoms with van der Waals surface area (Å²) in [5.74, 6) is 2.36. The van der Waals surface area contributed by atoms with E-state index >= 15 is 0 Å². The van der Waals surface area contributed by atoms with E-state index in [9.17, 15) is 4.79 Å². The lowest BCUT2D eigenvalue weighted by Crippen LogP contribution is -2.35. The van der Waals surface area contributed by atoms with Crippen LogP contribution in [-0.4, -0.2) is 44.8 Å². The number of benzene rings is 1. The molecule has 5 rings (SSSR count). The van der Waals surface area contributed by atoms with Gasteiger partial charge in [0, 0.05) is 18.3 Å². The van der Waals surface area contributed by atoms with Gasteiger partial charge in [-0.15, -0.1) is 10.2 Å². The van der Waals surface area contributed by atoms with Crippen LogP contribution >= 0.6 is 0 Å². The minimum absolute atomic E-state index is 0.00493. The first-order valence-electron chi connectivity index (χ1n) is 10.3. The summed E-state index contributed by atoms with van der Waals surface area (Å²) in [6.07, 6.45) is 10.4. The number of nitrogens with one attached hydrogen (secondary N) is 2. The number of nitrogens with zero attached hydrogens (tertiary/aromatic N) is 6. The maximum absolute atomic E-state index is 11.9. The van der Waals surface area contributed by atoms with E-state index in [1.165, 1.54) is 0 Å². The van der Waals surface area contributed by atoms with E-state index in [4.69, 9.17) is 9.72 Å². The number of carbonyl (C=O) groups is 1. The van der Waals surface area contributed by atoms with E-state index in [1.807, 2.05) is 22.8 Å². The van der Waals surface area contributed by atoms with Gasteiger partial charge in [0.25, 0.3) is 5.91 Å². The average molecular weight is 430 g/mol. The van der Waals surface area contributed by atoms with Gasteiger partial charge in [-0.3, -0.25) is 9.36 Å². The van der Waals surface area contributed by atoms with Crippen LogP contribution in [-0.2, 0) is 0 Å². The van der Waals surface area contributed by atoms with E-state index in [0.29, 0.717) is 22.9 Å². The number of amides is 1. The zero-order chi connectivity index (χ0) is 22.2. The van der Waals surface area contributed by atoms with E-state index in [-0.39, 0.29) is 11.9 Å². The topological polar surface area (TPSA) is 110 Å². The average Bonchev–Trinajstić information content (AvgIpc) is 3.27. The van der Waals surface area contributed by atoms with Crippen molar-refractivity contribution in [1.82, 2.24) is 30.0 Å². The number of anilines is 3. The molecule has 1 aliphatic carbocycles. The summed E-state index contributed by atoms with van der Waals surface area (Å²) in [5.41, 5.74) is 3.03. The molecule has 0 saturated carbocycles. The molecule has 32 heavy (non-hydrogen) atoms. The Morgan fingerprint density at radius 3 is 2.84 bits per heavy atom. The molecule has 1 aromatic carbocycles. The maximum atomic E-state index is 11.9. The smallest absolute Gasteiger partial charge is 0.251 e. The van der Waals surface area contributed by atoms with Crippen LogP contribution in [0.2, 0.25) is 0 Å². The summed E-state index contributed by atoms with van der Waals surface area (Å²) in [6, 6.07) is 5.17. The lowest BCUT2D eigenvalue weighted by molar-refractivity contribution is 0.0963. The van der Waals surface area contributed by atoms with Crippen molar-refractivity contribution in [3.63, 3.8) is 0 Å². The number of carbonyl (C=O) groups excluding carboxylic acids is 1. The SMILES string of the molecule is CCC1c2nncn2-c2cnc(Nc3ccc(C(=O)NC)cc3OC)nc2N1C1=CC=C1. The summed E-state index contributed by atoms with van der Waals surface area (Å²) < 4.78 is 7.41. The highest BCUT2D eigenvalue weighted by molar-refractivity contribution is 5.95. The Hall–Kier alpha value is -4.21. The molecule has 162 valence electrons. The number of allylic oxidation sites excluding steroid dienone is 3. The molecule has 0 fully saturated rings. The molecule has 1 atom stereocenters. The molecular formula is C22H22N8O2. The highest BCUT2D eigenvalue weighted by atomic mass is 16.5. The van der Waals surface area contributed by atoms with Crippen LogP contribution in [0.4, 0.5) is 17.5 Å². The summed E-state index contributed by atoms with van der Waals surface area (Å²) in [7, 11) is 3.14. The minimum atomic E-state index is -0.187. The first kappa shape index (κ1) is 19.7. The number of aromatic nitrogens is 5. The number of hydrogen-bond donors (Lipinski definition) is 2. The summed E-state index contributed by atoms with van der Waals surface area (Å²) in [5, 5.41) is 14.3. The molecule has 1 unspecified atom stereocenters. The first-order chi connectivity index (χ1) is 15.6. The number of rotatable bonds is 6. The molecule has 0 radical (unpaired) electrons. The van der Waals surface area contributed by atoms with Crippen molar-refractivity contribution >= 4 is 23.4 Å². The molecule has 10 nitrogen and oxygen atoms in total. The number of methoxy groups -OCH3 is 1. The second kappa shape index (κ2) is 7.80. The number of ether oxygens (including phenoxy) is 1. The Labute approximate surface area is 184 Å².